The number of benzene rings is 1. The van der Waals surface area contributed by atoms with E-state index in [9.17, 15) is 0 Å². The summed E-state index contributed by atoms with van der Waals surface area (Å²) >= 11 is 1.69. The van der Waals surface area contributed by atoms with E-state index < -0.39 is 0 Å². The van der Waals surface area contributed by atoms with Crippen LogP contribution in [-0.2, 0) is 16.7 Å². The Morgan fingerprint density at radius 1 is 1.26 bits per heavy atom. The lowest BCUT2D eigenvalue weighted by molar-refractivity contribution is 0.0530. The highest BCUT2D eigenvalue weighted by molar-refractivity contribution is 14.0. The molecule has 2 aromatic rings. The number of aliphatic imine (C=N–C) groups is 1. The van der Waals surface area contributed by atoms with E-state index in [-0.39, 0.29) is 29.4 Å². The van der Waals surface area contributed by atoms with Crippen LogP contribution < -0.4 is 10.1 Å². The maximum atomic E-state index is 5.69. The molecule has 3 rings (SSSR count). The van der Waals surface area contributed by atoms with Crippen LogP contribution in [0.1, 0.15) is 43.0 Å². The Bertz CT molecular complexity index is 819. The zero-order valence-corrected chi connectivity index (χ0v) is 22.2. The third kappa shape index (κ3) is 7.05. The summed E-state index contributed by atoms with van der Waals surface area (Å²) in [5, 5.41) is 6.66. The molecule has 0 unspecified atom stereocenters. The molecule has 1 aliphatic heterocycles. The van der Waals surface area contributed by atoms with Gasteiger partial charge in [0.15, 0.2) is 5.96 Å². The zero-order chi connectivity index (χ0) is 21.4. The van der Waals surface area contributed by atoms with Crippen LogP contribution in [0.25, 0.3) is 0 Å². The van der Waals surface area contributed by atoms with E-state index in [0.717, 1.165) is 68.1 Å². The molecule has 1 aromatic carbocycles. The van der Waals surface area contributed by atoms with Gasteiger partial charge in [-0.05, 0) is 51.3 Å². The Labute approximate surface area is 207 Å². The fraction of sp³-hybridized carbons (Fsp3) is 0.565. The minimum absolute atomic E-state index is 0. The number of nitrogens with zero attached hydrogens (tertiary/aromatic N) is 3. The van der Waals surface area contributed by atoms with Crippen molar-refractivity contribution in [1.82, 2.24) is 15.2 Å². The number of guanidine groups is 1. The second kappa shape index (κ2) is 12.6. The predicted molar refractivity (Wildman–Crippen MR) is 139 cm³/mol. The fourth-order valence-corrected chi connectivity index (χ4v) is 4.47. The number of nitrogens with one attached hydrogen (secondary N) is 1. The standard InChI is InChI=1S/C23H34N4O2S.HI/c1-5-24-22(27(4)15-20-16-30-18(3)26-20)25-17-23(11-13-28-14-12-23)19-7-9-21(10-8-19)29-6-2;/h7-10,16H,5-6,11-15,17H2,1-4H3,(H,24,25);1H. The molecule has 0 amide bonds. The zero-order valence-electron chi connectivity index (χ0n) is 19.0. The average molecular weight is 559 g/mol. The number of ether oxygens (including phenoxy) is 2. The van der Waals surface area contributed by atoms with Crippen LogP contribution in [0.4, 0.5) is 0 Å². The van der Waals surface area contributed by atoms with Crippen molar-refractivity contribution in [2.45, 2.75) is 45.6 Å². The lowest BCUT2D eigenvalue weighted by Gasteiger charge is -2.37. The van der Waals surface area contributed by atoms with Gasteiger partial charge in [0.1, 0.15) is 5.75 Å². The summed E-state index contributed by atoms with van der Waals surface area (Å²) in [5.74, 6) is 1.83. The number of aryl methyl sites for hydroxylation is 1. The van der Waals surface area contributed by atoms with Crippen LogP contribution in [0.2, 0.25) is 0 Å². The largest absolute Gasteiger partial charge is 0.494 e. The molecular weight excluding hydrogens is 523 g/mol. The molecule has 0 spiro atoms. The molecule has 0 radical (unpaired) electrons. The highest BCUT2D eigenvalue weighted by Crippen LogP contribution is 2.36. The summed E-state index contributed by atoms with van der Waals surface area (Å²) < 4.78 is 11.3. The van der Waals surface area contributed by atoms with Gasteiger partial charge in [0.25, 0.3) is 0 Å². The van der Waals surface area contributed by atoms with E-state index in [4.69, 9.17) is 14.5 Å². The van der Waals surface area contributed by atoms with Crippen molar-refractivity contribution in [3.63, 3.8) is 0 Å². The Morgan fingerprint density at radius 2 is 1.97 bits per heavy atom. The monoisotopic (exact) mass is 558 g/mol. The minimum Gasteiger partial charge on any atom is -0.494 e. The van der Waals surface area contributed by atoms with Crippen molar-refractivity contribution in [3.8, 4) is 5.75 Å². The first-order chi connectivity index (χ1) is 14.6. The first-order valence-electron chi connectivity index (χ1n) is 10.8. The molecule has 172 valence electrons. The van der Waals surface area contributed by atoms with E-state index in [2.05, 4.69) is 58.8 Å². The second-order valence-corrected chi connectivity index (χ2v) is 8.80. The fourth-order valence-electron chi connectivity index (χ4n) is 3.87. The number of hydrogen-bond donors (Lipinski definition) is 1. The van der Waals surface area contributed by atoms with Gasteiger partial charge in [-0.3, -0.25) is 4.99 Å². The third-order valence-electron chi connectivity index (χ3n) is 5.52. The summed E-state index contributed by atoms with van der Waals surface area (Å²) in [4.78, 5) is 11.8. The topological polar surface area (TPSA) is 59.0 Å². The van der Waals surface area contributed by atoms with Crippen LogP contribution in [0.3, 0.4) is 0 Å². The van der Waals surface area contributed by atoms with Gasteiger partial charge in [-0.25, -0.2) is 4.98 Å². The number of halogens is 1. The van der Waals surface area contributed by atoms with Crippen LogP contribution in [0.15, 0.2) is 34.6 Å². The molecule has 31 heavy (non-hydrogen) atoms. The normalized spacial score (nSPS) is 15.8. The van der Waals surface area contributed by atoms with E-state index in [1.165, 1.54) is 5.56 Å². The van der Waals surface area contributed by atoms with Gasteiger partial charge in [0.05, 0.1) is 30.4 Å². The summed E-state index contributed by atoms with van der Waals surface area (Å²) in [6.07, 6.45) is 1.94. The Kier molecular flexibility index (Phi) is 10.5. The Morgan fingerprint density at radius 3 is 2.55 bits per heavy atom. The molecule has 0 aliphatic carbocycles. The van der Waals surface area contributed by atoms with Crippen LogP contribution >= 0.6 is 35.3 Å². The lowest BCUT2D eigenvalue weighted by atomic mass is 9.74. The molecule has 1 N–H and O–H groups in total. The van der Waals surface area contributed by atoms with Gasteiger partial charge in [-0.15, -0.1) is 35.3 Å². The highest BCUT2D eigenvalue weighted by atomic mass is 127. The Hall–Kier alpha value is -1.39. The molecule has 1 aliphatic rings. The van der Waals surface area contributed by atoms with Gasteiger partial charge < -0.3 is 19.7 Å². The van der Waals surface area contributed by atoms with E-state index in [1.807, 2.05) is 13.8 Å². The summed E-state index contributed by atoms with van der Waals surface area (Å²) in [7, 11) is 2.07. The molecule has 1 fully saturated rings. The van der Waals surface area contributed by atoms with Gasteiger partial charge >= 0.3 is 0 Å². The maximum Gasteiger partial charge on any atom is 0.194 e. The molecule has 6 nitrogen and oxygen atoms in total. The second-order valence-electron chi connectivity index (χ2n) is 7.73. The third-order valence-corrected chi connectivity index (χ3v) is 6.34. The SMILES string of the molecule is CCNC(=NCC1(c2ccc(OCC)cc2)CCOCC1)N(C)Cc1csc(C)n1.I. The number of rotatable bonds is 8. The number of aromatic nitrogens is 1. The smallest absolute Gasteiger partial charge is 0.194 e. The maximum absolute atomic E-state index is 5.69. The predicted octanol–water partition coefficient (Wildman–Crippen LogP) is 4.61. The quantitative estimate of drug-likeness (QED) is 0.291. The molecule has 1 saturated heterocycles. The molecule has 0 atom stereocenters. The first-order valence-corrected chi connectivity index (χ1v) is 11.7. The van der Waals surface area contributed by atoms with Crippen molar-refractivity contribution >= 4 is 41.3 Å². The van der Waals surface area contributed by atoms with Crippen LogP contribution in [0, 0.1) is 6.92 Å². The first kappa shape index (κ1) is 25.9. The lowest BCUT2D eigenvalue weighted by Crippen LogP contribution is -2.41. The molecular formula is C23H35IN4O2S. The van der Waals surface area contributed by atoms with Gasteiger partial charge in [0, 0.05) is 37.6 Å². The average Bonchev–Trinajstić information content (AvgIpc) is 3.17. The van der Waals surface area contributed by atoms with E-state index >= 15 is 0 Å². The van der Waals surface area contributed by atoms with Gasteiger partial charge in [-0.2, -0.15) is 0 Å². The van der Waals surface area contributed by atoms with Crippen molar-refractivity contribution < 1.29 is 9.47 Å². The van der Waals surface area contributed by atoms with Gasteiger partial charge in [0.2, 0.25) is 0 Å². The highest BCUT2D eigenvalue weighted by Gasteiger charge is 2.34. The minimum atomic E-state index is -0.0122. The molecule has 0 saturated carbocycles. The van der Waals surface area contributed by atoms with Crippen molar-refractivity contribution in [3.05, 3.63) is 45.9 Å². The van der Waals surface area contributed by atoms with E-state index in [1.54, 1.807) is 11.3 Å². The molecule has 0 bridgehead atoms. The van der Waals surface area contributed by atoms with Crippen molar-refractivity contribution in [2.24, 2.45) is 4.99 Å². The van der Waals surface area contributed by atoms with Crippen molar-refractivity contribution in [2.75, 3.05) is 40.0 Å². The molecule has 1 aromatic heterocycles. The molecule has 2 heterocycles. The number of thiazole rings is 1. The Balaban J connectivity index is 0.00000341. The number of hydrogen-bond acceptors (Lipinski definition) is 5. The molecule has 8 heteroatoms. The van der Waals surface area contributed by atoms with E-state index in [0.29, 0.717) is 6.61 Å². The van der Waals surface area contributed by atoms with Gasteiger partial charge in [-0.1, -0.05) is 12.1 Å². The summed E-state index contributed by atoms with van der Waals surface area (Å²) in [5.41, 5.74) is 2.38. The van der Waals surface area contributed by atoms with Crippen LogP contribution in [-0.4, -0.2) is 55.8 Å². The van der Waals surface area contributed by atoms with Crippen LogP contribution in [0.5, 0.6) is 5.75 Å². The van der Waals surface area contributed by atoms with Crippen molar-refractivity contribution in [1.29, 1.82) is 0 Å². The summed E-state index contributed by atoms with van der Waals surface area (Å²) in [6.45, 7) is 10.7. The summed E-state index contributed by atoms with van der Waals surface area (Å²) in [6, 6.07) is 8.53.